The third-order valence-corrected chi connectivity index (χ3v) is 6.37. The predicted molar refractivity (Wildman–Crippen MR) is 116 cm³/mol. The molecule has 30 heavy (non-hydrogen) atoms. The first-order valence-corrected chi connectivity index (χ1v) is 11.4. The van der Waals surface area contributed by atoms with Crippen molar-refractivity contribution in [2.45, 2.75) is 44.2 Å². The molecule has 0 aromatic heterocycles. The van der Waals surface area contributed by atoms with Crippen molar-refractivity contribution in [1.82, 2.24) is 14.9 Å². The molecule has 0 saturated heterocycles. The molecule has 0 aliphatic carbocycles. The summed E-state index contributed by atoms with van der Waals surface area (Å²) in [5.74, 6) is -0.364. The number of carbonyl (C=O) groups is 2. The highest BCUT2D eigenvalue weighted by Gasteiger charge is 2.25. The van der Waals surface area contributed by atoms with Gasteiger partial charge < -0.3 is 10.2 Å². The second-order valence-corrected chi connectivity index (χ2v) is 8.71. The third-order valence-electron chi connectivity index (χ3n) is 4.80. The Morgan fingerprint density at radius 3 is 2.20 bits per heavy atom. The number of hydrogen-bond donors (Lipinski definition) is 2. The second-order valence-electron chi connectivity index (χ2n) is 6.94. The molecule has 0 radical (unpaired) electrons. The predicted octanol–water partition coefficient (Wildman–Crippen LogP) is 2.08. The summed E-state index contributed by atoms with van der Waals surface area (Å²) in [4.78, 5) is 26.8. The molecule has 0 bridgehead atoms. The lowest BCUT2D eigenvalue weighted by molar-refractivity contribution is -0.140. The third kappa shape index (κ3) is 6.40. The number of likely N-dealkylation sites (N-methyl/N-ethyl adjacent to an activating group) is 1. The van der Waals surface area contributed by atoms with Gasteiger partial charge in [-0.05, 0) is 36.6 Å². The van der Waals surface area contributed by atoms with Crippen molar-refractivity contribution in [1.29, 1.82) is 0 Å². The summed E-state index contributed by atoms with van der Waals surface area (Å²) in [5.41, 5.74) is 1.80. The molecule has 0 heterocycles. The number of nitrogens with one attached hydrogen (secondary N) is 2. The van der Waals surface area contributed by atoms with E-state index in [1.807, 2.05) is 30.3 Å². The average molecular weight is 432 g/mol. The number of hydrogen-bond acceptors (Lipinski definition) is 4. The number of rotatable bonds is 10. The summed E-state index contributed by atoms with van der Waals surface area (Å²) in [6, 6.07) is 15.4. The normalized spacial score (nSPS) is 12.2. The highest BCUT2D eigenvalue weighted by molar-refractivity contribution is 7.89. The largest absolute Gasteiger partial charge is 0.357 e. The lowest BCUT2D eigenvalue weighted by Gasteiger charge is -2.28. The quantitative estimate of drug-likeness (QED) is 0.602. The fourth-order valence-electron chi connectivity index (χ4n) is 3.08. The van der Waals surface area contributed by atoms with Gasteiger partial charge in [0, 0.05) is 26.6 Å². The van der Waals surface area contributed by atoms with E-state index in [0.29, 0.717) is 19.5 Å². The summed E-state index contributed by atoms with van der Waals surface area (Å²) in [7, 11) is -1.95. The number of nitrogens with zero attached hydrogens (tertiary/aromatic N) is 1. The summed E-state index contributed by atoms with van der Waals surface area (Å²) < 4.78 is 26.5. The Labute approximate surface area is 178 Å². The molecule has 2 amide bonds. The number of benzene rings is 2. The molecule has 2 aromatic rings. The topological polar surface area (TPSA) is 95.6 Å². The molecule has 0 aliphatic heterocycles. The smallest absolute Gasteiger partial charge is 0.242 e. The average Bonchev–Trinajstić information content (AvgIpc) is 2.75. The molecule has 7 nitrogen and oxygen atoms in total. The minimum Gasteiger partial charge on any atom is -0.357 e. The summed E-state index contributed by atoms with van der Waals surface area (Å²) >= 11 is 0. The van der Waals surface area contributed by atoms with Gasteiger partial charge in [-0.15, -0.1) is 0 Å². The fourth-order valence-corrected chi connectivity index (χ4v) is 4.12. The highest BCUT2D eigenvalue weighted by Crippen LogP contribution is 2.15. The molecular weight excluding hydrogens is 402 g/mol. The van der Waals surface area contributed by atoms with Crippen LogP contribution in [0.5, 0.6) is 0 Å². The van der Waals surface area contributed by atoms with Gasteiger partial charge in [0.2, 0.25) is 21.8 Å². The number of sulfonamides is 1. The van der Waals surface area contributed by atoms with E-state index in [0.717, 1.165) is 11.1 Å². The molecule has 2 rings (SSSR count). The van der Waals surface area contributed by atoms with Gasteiger partial charge in [0.25, 0.3) is 0 Å². The van der Waals surface area contributed by atoms with Crippen LogP contribution in [0.25, 0.3) is 0 Å². The van der Waals surface area contributed by atoms with E-state index in [4.69, 9.17) is 0 Å². The van der Waals surface area contributed by atoms with Gasteiger partial charge in [0.05, 0.1) is 4.90 Å². The van der Waals surface area contributed by atoms with E-state index in [2.05, 4.69) is 10.0 Å². The van der Waals surface area contributed by atoms with Crippen molar-refractivity contribution in [3.63, 3.8) is 0 Å². The molecule has 1 atom stereocenters. The molecule has 2 aromatic carbocycles. The molecular formula is C22H29N3O4S. The summed E-state index contributed by atoms with van der Waals surface area (Å²) in [6.45, 7) is 4.09. The van der Waals surface area contributed by atoms with Crippen LogP contribution in [0.2, 0.25) is 0 Å². The number of carbonyl (C=O) groups excluding carboxylic acids is 2. The van der Waals surface area contributed by atoms with Gasteiger partial charge >= 0.3 is 0 Å². The number of aryl methyl sites for hydroxylation is 1. The van der Waals surface area contributed by atoms with Crippen molar-refractivity contribution in [2.75, 3.05) is 13.6 Å². The van der Waals surface area contributed by atoms with Gasteiger partial charge in [-0.3, -0.25) is 9.59 Å². The van der Waals surface area contributed by atoms with E-state index in [1.54, 1.807) is 37.9 Å². The van der Waals surface area contributed by atoms with Crippen LogP contribution < -0.4 is 10.0 Å². The monoisotopic (exact) mass is 431 g/mol. The minimum atomic E-state index is -3.50. The van der Waals surface area contributed by atoms with Crippen molar-refractivity contribution in [2.24, 2.45) is 0 Å². The Bertz CT molecular complexity index is 944. The molecule has 162 valence electrons. The van der Waals surface area contributed by atoms with Crippen LogP contribution in [0.1, 0.15) is 31.4 Å². The van der Waals surface area contributed by atoms with Gasteiger partial charge in [-0.1, -0.05) is 49.4 Å². The van der Waals surface area contributed by atoms with E-state index in [9.17, 15) is 18.0 Å². The Morgan fingerprint density at radius 2 is 1.63 bits per heavy atom. The van der Waals surface area contributed by atoms with E-state index in [1.165, 1.54) is 12.1 Å². The van der Waals surface area contributed by atoms with Crippen LogP contribution in [-0.2, 0) is 32.6 Å². The van der Waals surface area contributed by atoms with Crippen LogP contribution in [0.4, 0.5) is 0 Å². The first-order chi connectivity index (χ1) is 14.3. The second kappa shape index (κ2) is 10.9. The summed E-state index contributed by atoms with van der Waals surface area (Å²) in [6.07, 6.45) is 0.666. The van der Waals surface area contributed by atoms with E-state index >= 15 is 0 Å². The zero-order chi connectivity index (χ0) is 22.1. The molecule has 0 aliphatic rings. The fraction of sp³-hybridized carbons (Fsp3) is 0.364. The van der Waals surface area contributed by atoms with Crippen LogP contribution in [0.15, 0.2) is 59.5 Å². The van der Waals surface area contributed by atoms with Crippen LogP contribution >= 0.6 is 0 Å². The Morgan fingerprint density at radius 1 is 1.00 bits per heavy atom. The van der Waals surface area contributed by atoms with Gasteiger partial charge in [0.1, 0.15) is 6.04 Å². The van der Waals surface area contributed by atoms with Crippen molar-refractivity contribution < 1.29 is 18.0 Å². The molecule has 1 unspecified atom stereocenters. The summed E-state index contributed by atoms with van der Waals surface area (Å²) in [5, 5.41) is 2.59. The Kier molecular flexibility index (Phi) is 8.56. The lowest BCUT2D eigenvalue weighted by atomic mass is 10.1. The maximum absolute atomic E-state index is 12.9. The maximum Gasteiger partial charge on any atom is 0.242 e. The lowest BCUT2D eigenvalue weighted by Crippen LogP contribution is -2.46. The minimum absolute atomic E-state index is 0.140. The van der Waals surface area contributed by atoms with Gasteiger partial charge in [-0.25, -0.2) is 13.1 Å². The van der Waals surface area contributed by atoms with E-state index < -0.39 is 16.1 Å². The molecule has 0 saturated carbocycles. The molecule has 8 heteroatoms. The molecule has 0 fully saturated rings. The van der Waals surface area contributed by atoms with Crippen molar-refractivity contribution >= 4 is 21.8 Å². The van der Waals surface area contributed by atoms with Crippen molar-refractivity contribution in [3.05, 3.63) is 65.7 Å². The van der Waals surface area contributed by atoms with Gasteiger partial charge in [0.15, 0.2) is 0 Å². The van der Waals surface area contributed by atoms with E-state index in [-0.39, 0.29) is 23.1 Å². The van der Waals surface area contributed by atoms with Crippen LogP contribution in [0, 0.1) is 0 Å². The number of amides is 2. The first kappa shape index (κ1) is 23.6. The molecule has 2 N–H and O–H groups in total. The van der Waals surface area contributed by atoms with Gasteiger partial charge in [-0.2, -0.15) is 0 Å². The van der Waals surface area contributed by atoms with Crippen molar-refractivity contribution in [3.8, 4) is 0 Å². The SMILES string of the molecule is CCNS(=O)(=O)c1ccc(CCC(=O)N(Cc2ccccc2)C(C)C(=O)NC)cc1. The zero-order valence-electron chi connectivity index (χ0n) is 17.6. The zero-order valence-corrected chi connectivity index (χ0v) is 18.4. The highest BCUT2D eigenvalue weighted by atomic mass is 32.2. The molecule has 0 spiro atoms. The van der Waals surface area contributed by atoms with Crippen LogP contribution in [0.3, 0.4) is 0 Å². The Balaban J connectivity index is 2.08. The Hall–Kier alpha value is -2.71. The maximum atomic E-state index is 12.9. The standard InChI is InChI=1S/C22H29N3O4S/c1-4-24-30(28,29)20-13-10-18(11-14-20)12-15-21(26)25(17(2)22(27)23-3)16-19-8-6-5-7-9-19/h5-11,13-14,17,24H,4,12,15-16H2,1-3H3,(H,23,27). The first-order valence-electron chi connectivity index (χ1n) is 9.92. The van der Waals surface area contributed by atoms with Crippen LogP contribution in [-0.4, -0.2) is 44.8 Å².